The molecule has 0 unspecified atom stereocenters. The van der Waals surface area contributed by atoms with E-state index in [0.717, 1.165) is 12.0 Å². The lowest BCUT2D eigenvalue weighted by Crippen LogP contribution is -2.20. The van der Waals surface area contributed by atoms with Gasteiger partial charge in [0.05, 0.1) is 22.3 Å². The Hall–Kier alpha value is -3.39. The number of carboxylic acids is 1. The molecule has 2 atom stereocenters. The Morgan fingerprint density at radius 2 is 2.00 bits per heavy atom. The summed E-state index contributed by atoms with van der Waals surface area (Å²) in [5.74, 6) is -1.80. The van der Waals surface area contributed by atoms with Crippen LogP contribution in [0, 0.1) is 5.82 Å². The summed E-state index contributed by atoms with van der Waals surface area (Å²) in [6.45, 7) is 2.18. The van der Waals surface area contributed by atoms with Crippen molar-refractivity contribution in [2.45, 2.75) is 31.8 Å². The van der Waals surface area contributed by atoms with Crippen molar-refractivity contribution in [2.24, 2.45) is 5.73 Å². The van der Waals surface area contributed by atoms with Gasteiger partial charge < -0.3 is 26.5 Å². The third-order valence-corrected chi connectivity index (χ3v) is 5.37. The Labute approximate surface area is 165 Å². The zero-order valence-corrected chi connectivity index (χ0v) is 15.8. The molecule has 1 fully saturated rings. The molecule has 6 N–H and O–H groups in total. The van der Waals surface area contributed by atoms with E-state index in [4.69, 9.17) is 11.5 Å². The van der Waals surface area contributed by atoms with Crippen molar-refractivity contribution in [3.05, 3.63) is 63.7 Å². The third-order valence-electron chi connectivity index (χ3n) is 5.37. The number of anilines is 3. The second kappa shape index (κ2) is 6.89. The molecule has 1 aromatic heterocycles. The first-order valence-corrected chi connectivity index (χ1v) is 9.32. The van der Waals surface area contributed by atoms with Crippen LogP contribution < -0.4 is 22.2 Å². The molecule has 0 bridgehead atoms. The van der Waals surface area contributed by atoms with E-state index in [2.05, 4.69) is 5.32 Å². The minimum atomic E-state index is -1.38. The zero-order valence-electron chi connectivity index (χ0n) is 15.8. The predicted molar refractivity (Wildman–Crippen MR) is 110 cm³/mol. The van der Waals surface area contributed by atoms with Crippen molar-refractivity contribution in [1.82, 2.24) is 4.57 Å². The van der Waals surface area contributed by atoms with Gasteiger partial charge in [-0.2, -0.15) is 0 Å². The number of carbonyl (C=O) groups is 1. The summed E-state index contributed by atoms with van der Waals surface area (Å²) in [5, 5.41) is 12.1. The molecule has 3 aromatic rings. The summed E-state index contributed by atoms with van der Waals surface area (Å²) in [6.07, 6.45) is 2.22. The van der Waals surface area contributed by atoms with Crippen molar-refractivity contribution in [3.8, 4) is 0 Å². The SMILES string of the molecule is CCn1cc(C(=O)O)c(=O)c2c(N)c(F)c(Nc3ccc([C@H]4C[C@@H]4N)cc3)cc21. The molecule has 0 radical (unpaired) electrons. The molecule has 0 aliphatic heterocycles. The Kier molecular flexibility index (Phi) is 4.50. The topological polar surface area (TPSA) is 123 Å². The summed E-state index contributed by atoms with van der Waals surface area (Å²) in [7, 11) is 0. The summed E-state index contributed by atoms with van der Waals surface area (Å²) in [4.78, 5) is 23.9. The average molecular weight is 396 g/mol. The Bertz CT molecular complexity index is 1190. The van der Waals surface area contributed by atoms with Crippen molar-refractivity contribution in [1.29, 1.82) is 0 Å². The number of hydrogen-bond acceptors (Lipinski definition) is 5. The van der Waals surface area contributed by atoms with E-state index in [-0.39, 0.29) is 22.8 Å². The van der Waals surface area contributed by atoms with Crippen molar-refractivity contribution >= 4 is 33.9 Å². The number of aromatic nitrogens is 1. The molecule has 7 nitrogen and oxygen atoms in total. The number of benzene rings is 2. The van der Waals surface area contributed by atoms with Gasteiger partial charge >= 0.3 is 5.97 Å². The summed E-state index contributed by atoms with van der Waals surface area (Å²) in [5.41, 5.74) is 12.4. The standard InChI is InChI=1S/C21H21FN4O3/c1-2-26-9-13(21(28)29)20(27)17-16(26)8-15(18(22)19(17)24)25-11-5-3-10(4-6-11)12-7-14(12)23/h3-6,8-9,12,14,25H,2,7,23-24H2,1H3,(H,28,29)/t12-,14+/m1/s1. The number of halogens is 1. The quantitative estimate of drug-likeness (QED) is 0.492. The molecule has 1 aliphatic carbocycles. The molecule has 29 heavy (non-hydrogen) atoms. The fourth-order valence-corrected chi connectivity index (χ4v) is 3.62. The van der Waals surface area contributed by atoms with Gasteiger partial charge in [-0.25, -0.2) is 9.18 Å². The molecule has 0 saturated heterocycles. The lowest BCUT2D eigenvalue weighted by molar-refractivity contribution is 0.0695. The van der Waals surface area contributed by atoms with Crippen LogP contribution in [0.5, 0.6) is 0 Å². The summed E-state index contributed by atoms with van der Waals surface area (Å²) >= 11 is 0. The number of pyridine rings is 1. The van der Waals surface area contributed by atoms with Crippen molar-refractivity contribution in [2.75, 3.05) is 11.1 Å². The number of nitrogens with two attached hydrogens (primary N) is 2. The predicted octanol–water partition coefficient (Wildman–Crippen LogP) is 3.00. The maximum Gasteiger partial charge on any atom is 0.341 e. The second-order valence-corrected chi connectivity index (χ2v) is 7.26. The van der Waals surface area contributed by atoms with E-state index >= 15 is 0 Å². The van der Waals surface area contributed by atoms with Crippen LogP contribution in [-0.4, -0.2) is 21.7 Å². The molecule has 0 spiro atoms. The minimum Gasteiger partial charge on any atom is -0.477 e. The zero-order chi connectivity index (χ0) is 20.9. The number of nitrogens with one attached hydrogen (secondary N) is 1. The van der Waals surface area contributed by atoms with Crippen LogP contribution in [0.1, 0.15) is 35.2 Å². The highest BCUT2D eigenvalue weighted by molar-refractivity contribution is 5.99. The van der Waals surface area contributed by atoms with E-state index in [0.29, 0.717) is 23.7 Å². The highest BCUT2D eigenvalue weighted by Gasteiger charge is 2.34. The largest absolute Gasteiger partial charge is 0.477 e. The van der Waals surface area contributed by atoms with Gasteiger partial charge in [0.15, 0.2) is 5.82 Å². The summed E-state index contributed by atoms with van der Waals surface area (Å²) < 4.78 is 16.5. The molecular weight excluding hydrogens is 375 g/mol. The van der Waals surface area contributed by atoms with Crippen LogP contribution >= 0.6 is 0 Å². The number of aromatic carboxylic acids is 1. The van der Waals surface area contributed by atoms with E-state index < -0.39 is 22.8 Å². The van der Waals surface area contributed by atoms with Crippen LogP contribution in [-0.2, 0) is 6.54 Å². The summed E-state index contributed by atoms with van der Waals surface area (Å²) in [6, 6.07) is 9.24. The first kappa shape index (κ1) is 18.9. The fourth-order valence-electron chi connectivity index (χ4n) is 3.62. The smallest absolute Gasteiger partial charge is 0.341 e. The van der Waals surface area contributed by atoms with Crippen molar-refractivity contribution < 1.29 is 14.3 Å². The first-order chi connectivity index (χ1) is 13.8. The van der Waals surface area contributed by atoms with Crippen LogP contribution in [0.2, 0.25) is 0 Å². The van der Waals surface area contributed by atoms with Gasteiger partial charge in [-0.1, -0.05) is 12.1 Å². The number of nitrogen functional groups attached to an aromatic ring is 1. The molecule has 1 aliphatic rings. The Morgan fingerprint density at radius 3 is 2.55 bits per heavy atom. The molecule has 8 heteroatoms. The molecule has 4 rings (SSSR count). The lowest BCUT2D eigenvalue weighted by atomic mass is 10.1. The van der Waals surface area contributed by atoms with Gasteiger partial charge in [-0.3, -0.25) is 4.79 Å². The van der Waals surface area contributed by atoms with Crippen LogP contribution in [0.15, 0.2) is 41.3 Å². The van der Waals surface area contributed by atoms with E-state index in [9.17, 15) is 19.1 Å². The van der Waals surface area contributed by atoms with Gasteiger partial charge in [-0.15, -0.1) is 0 Å². The van der Waals surface area contributed by atoms with Gasteiger partial charge in [0.25, 0.3) is 0 Å². The van der Waals surface area contributed by atoms with E-state index in [1.165, 1.54) is 12.3 Å². The van der Waals surface area contributed by atoms with Gasteiger partial charge in [0.2, 0.25) is 5.43 Å². The van der Waals surface area contributed by atoms with Crippen LogP contribution in [0.25, 0.3) is 10.9 Å². The van der Waals surface area contributed by atoms with Crippen LogP contribution in [0.4, 0.5) is 21.5 Å². The highest BCUT2D eigenvalue weighted by atomic mass is 19.1. The second-order valence-electron chi connectivity index (χ2n) is 7.26. The van der Waals surface area contributed by atoms with Gasteiger partial charge in [0, 0.05) is 30.4 Å². The number of carboxylic acid groups (broad SMARTS) is 1. The molecule has 0 amide bonds. The normalized spacial score (nSPS) is 18.0. The highest BCUT2D eigenvalue weighted by Crippen LogP contribution is 2.39. The Morgan fingerprint density at radius 1 is 1.34 bits per heavy atom. The number of aryl methyl sites for hydroxylation is 1. The average Bonchev–Trinajstić information content (AvgIpc) is 3.42. The molecular formula is C21H21FN4O3. The maximum atomic E-state index is 14.9. The Balaban J connectivity index is 1.79. The third kappa shape index (κ3) is 3.21. The maximum absolute atomic E-state index is 14.9. The fraction of sp³-hybridized carbons (Fsp3) is 0.238. The first-order valence-electron chi connectivity index (χ1n) is 9.32. The van der Waals surface area contributed by atoms with E-state index in [1.807, 2.05) is 24.3 Å². The minimum absolute atomic E-state index is 0.107. The molecule has 1 heterocycles. The number of nitrogens with zero attached hydrogens (tertiary/aromatic N) is 1. The monoisotopic (exact) mass is 396 g/mol. The number of hydrogen-bond donors (Lipinski definition) is 4. The van der Waals surface area contributed by atoms with Crippen LogP contribution in [0.3, 0.4) is 0 Å². The number of rotatable bonds is 5. The lowest BCUT2D eigenvalue weighted by Gasteiger charge is -2.16. The van der Waals surface area contributed by atoms with E-state index in [1.54, 1.807) is 11.5 Å². The van der Waals surface area contributed by atoms with Crippen molar-refractivity contribution in [3.63, 3.8) is 0 Å². The number of fused-ring (bicyclic) bond motifs is 1. The van der Waals surface area contributed by atoms with Gasteiger partial charge in [-0.05, 0) is 37.1 Å². The molecule has 2 aromatic carbocycles. The molecule has 1 saturated carbocycles. The van der Waals surface area contributed by atoms with Gasteiger partial charge in [0.1, 0.15) is 5.56 Å². The molecule has 150 valence electrons.